The Bertz CT molecular complexity index is 276. The minimum absolute atomic E-state index is 0. The van der Waals surface area contributed by atoms with Crippen molar-refractivity contribution < 1.29 is 29.4 Å². The van der Waals surface area contributed by atoms with Crippen molar-refractivity contribution in [2.75, 3.05) is 0 Å². The molecule has 0 fully saturated rings. The van der Waals surface area contributed by atoms with E-state index in [9.17, 15) is 4.79 Å². The third kappa shape index (κ3) is 4.36. The first kappa shape index (κ1) is 11.5. The number of carboxylic acid groups (broad SMARTS) is 1. The van der Waals surface area contributed by atoms with Crippen molar-refractivity contribution >= 4 is 17.7 Å². The summed E-state index contributed by atoms with van der Waals surface area (Å²) in [4.78, 5) is 10.9. The van der Waals surface area contributed by atoms with E-state index in [2.05, 4.69) is 4.36 Å². The summed E-state index contributed by atoms with van der Waals surface area (Å²) in [5.41, 5.74) is 0. The Morgan fingerprint density at radius 3 is 2.42 bits per heavy atom. The van der Waals surface area contributed by atoms with E-state index in [-0.39, 0.29) is 19.5 Å². The first-order chi connectivity index (χ1) is 5.29. The average molecular weight is 235 g/mol. The van der Waals surface area contributed by atoms with Gasteiger partial charge in [-0.3, -0.25) is 0 Å². The van der Waals surface area contributed by atoms with Gasteiger partial charge >= 0.3 is 6.09 Å². The Balaban J connectivity index is 0.00000121. The van der Waals surface area contributed by atoms with Gasteiger partial charge in [-0.1, -0.05) is 29.8 Å². The maximum atomic E-state index is 10.00. The summed E-state index contributed by atoms with van der Waals surface area (Å²) in [6.45, 7) is 0. The summed E-state index contributed by atoms with van der Waals surface area (Å²) >= 11 is 0.482. The van der Waals surface area contributed by atoms with E-state index in [4.69, 9.17) is 5.11 Å². The van der Waals surface area contributed by atoms with Crippen LogP contribution >= 0.6 is 0 Å². The predicted molar refractivity (Wildman–Crippen MR) is 43.9 cm³/mol. The van der Waals surface area contributed by atoms with Crippen molar-refractivity contribution in [3.63, 3.8) is 0 Å². The van der Waals surface area contributed by atoms with Gasteiger partial charge in [0.05, 0.1) is 0 Å². The normalized spacial score (nSPS) is 10.0. The molecular formula is C7H7NO2SZn. The van der Waals surface area contributed by atoms with Gasteiger partial charge in [-0.15, -0.1) is 0 Å². The Hall–Kier alpha value is -0.537. The van der Waals surface area contributed by atoms with Crippen LogP contribution in [0.25, 0.3) is 0 Å². The fourth-order valence-electron chi connectivity index (χ4n) is 0.595. The van der Waals surface area contributed by atoms with Crippen LogP contribution in [0, 0.1) is 0 Å². The van der Waals surface area contributed by atoms with Crippen molar-refractivity contribution in [2.24, 2.45) is 4.36 Å². The van der Waals surface area contributed by atoms with Gasteiger partial charge in [-0.25, -0.2) is 4.79 Å². The number of rotatable bonds is 1. The maximum Gasteiger partial charge on any atom is 0.437 e. The van der Waals surface area contributed by atoms with Gasteiger partial charge in [0.1, 0.15) is 0 Å². The van der Waals surface area contributed by atoms with Crippen LogP contribution in [0.5, 0.6) is 0 Å². The summed E-state index contributed by atoms with van der Waals surface area (Å²) in [5.74, 6) is 0. The Morgan fingerprint density at radius 2 is 1.92 bits per heavy atom. The van der Waals surface area contributed by atoms with Crippen LogP contribution in [0.15, 0.2) is 39.6 Å². The number of nitrogens with zero attached hydrogens (tertiary/aromatic N) is 1. The minimum Gasteiger partial charge on any atom is -0.463 e. The molecule has 60 valence electrons. The SMILES string of the molecule is O=C(O)N=[SH]c1ccccc1.[Zn]. The Labute approximate surface area is 86.7 Å². The number of hydrogen-bond donors (Lipinski definition) is 2. The molecule has 1 amide bonds. The fraction of sp³-hybridized carbons (Fsp3) is 0. The van der Waals surface area contributed by atoms with Gasteiger partial charge < -0.3 is 5.11 Å². The third-order valence-electron chi connectivity index (χ3n) is 1.01. The van der Waals surface area contributed by atoms with E-state index in [1.807, 2.05) is 30.3 Å². The van der Waals surface area contributed by atoms with Gasteiger partial charge in [0.2, 0.25) is 0 Å². The van der Waals surface area contributed by atoms with Gasteiger partial charge in [0.25, 0.3) is 0 Å². The largest absolute Gasteiger partial charge is 0.463 e. The molecule has 3 nitrogen and oxygen atoms in total. The van der Waals surface area contributed by atoms with Crippen LogP contribution in [-0.2, 0) is 31.0 Å². The summed E-state index contributed by atoms with van der Waals surface area (Å²) in [7, 11) is 0. The zero-order valence-electron chi connectivity index (χ0n) is 6.34. The zero-order valence-corrected chi connectivity index (χ0v) is 10.2. The zero-order chi connectivity index (χ0) is 8.10. The average Bonchev–Trinajstić information content (AvgIpc) is 2.03. The predicted octanol–water partition coefficient (Wildman–Crippen LogP) is 1.72. The molecule has 0 spiro atoms. The second kappa shape index (κ2) is 6.03. The van der Waals surface area contributed by atoms with E-state index < -0.39 is 6.09 Å². The van der Waals surface area contributed by atoms with Crippen LogP contribution in [0.3, 0.4) is 0 Å². The van der Waals surface area contributed by atoms with Gasteiger partial charge in [-0.2, -0.15) is 4.36 Å². The molecule has 0 aliphatic carbocycles. The molecule has 0 bridgehead atoms. The van der Waals surface area contributed by atoms with Crippen molar-refractivity contribution in [3.8, 4) is 0 Å². The van der Waals surface area contributed by atoms with Crippen LogP contribution < -0.4 is 0 Å². The Kier molecular flexibility index (Phi) is 5.76. The second-order valence-electron chi connectivity index (χ2n) is 1.82. The molecule has 1 rings (SSSR count). The van der Waals surface area contributed by atoms with E-state index in [0.29, 0.717) is 11.6 Å². The minimum atomic E-state index is -1.13. The monoisotopic (exact) mass is 233 g/mol. The quantitative estimate of drug-likeness (QED) is 0.574. The summed E-state index contributed by atoms with van der Waals surface area (Å²) in [6.07, 6.45) is -1.13. The molecule has 0 heterocycles. The van der Waals surface area contributed by atoms with Crippen molar-refractivity contribution in [3.05, 3.63) is 30.3 Å². The molecule has 0 aliphatic rings. The van der Waals surface area contributed by atoms with Crippen LogP contribution in [0.1, 0.15) is 0 Å². The van der Waals surface area contributed by atoms with Gasteiger partial charge in [-0.05, 0) is 12.1 Å². The molecule has 0 aromatic heterocycles. The summed E-state index contributed by atoms with van der Waals surface area (Å²) in [5, 5.41) is 8.20. The van der Waals surface area contributed by atoms with Crippen LogP contribution in [0.4, 0.5) is 4.79 Å². The molecule has 0 saturated carbocycles. The molecular weight excluding hydrogens is 228 g/mol. The smallest absolute Gasteiger partial charge is 0.437 e. The number of carbonyl (C=O) groups is 1. The van der Waals surface area contributed by atoms with Gasteiger partial charge in [0, 0.05) is 24.4 Å². The van der Waals surface area contributed by atoms with Crippen LogP contribution in [-0.4, -0.2) is 11.2 Å². The maximum absolute atomic E-state index is 10.00. The van der Waals surface area contributed by atoms with E-state index >= 15 is 0 Å². The molecule has 0 unspecified atom stereocenters. The molecule has 0 atom stereocenters. The summed E-state index contributed by atoms with van der Waals surface area (Å²) in [6, 6.07) is 9.22. The van der Waals surface area contributed by atoms with E-state index in [1.54, 1.807) is 0 Å². The first-order valence-electron chi connectivity index (χ1n) is 2.99. The molecule has 0 saturated heterocycles. The second-order valence-corrected chi connectivity index (χ2v) is 2.73. The molecule has 12 heavy (non-hydrogen) atoms. The van der Waals surface area contributed by atoms with E-state index in [0.717, 1.165) is 4.90 Å². The molecule has 1 aromatic rings. The molecule has 0 aliphatic heterocycles. The topological polar surface area (TPSA) is 49.7 Å². The molecule has 0 radical (unpaired) electrons. The van der Waals surface area contributed by atoms with Crippen molar-refractivity contribution in [1.29, 1.82) is 0 Å². The first-order valence-corrected chi connectivity index (χ1v) is 3.83. The molecule has 5 heteroatoms. The van der Waals surface area contributed by atoms with E-state index in [1.165, 1.54) is 0 Å². The summed E-state index contributed by atoms with van der Waals surface area (Å²) < 4.78 is 3.28. The molecule has 1 N–H and O–H groups in total. The van der Waals surface area contributed by atoms with Crippen LogP contribution in [0.2, 0.25) is 0 Å². The number of benzene rings is 1. The number of hydrogen-bond acceptors (Lipinski definition) is 1. The standard InChI is InChI=1S/C7H7NO2S.Zn/c9-7(10)8-11-6-4-2-1-3-5-6;/h1-5,11H,(H,9,10);. The third-order valence-corrected chi connectivity index (χ3v) is 1.81. The number of thiol groups is 1. The van der Waals surface area contributed by atoms with Crippen molar-refractivity contribution in [1.82, 2.24) is 0 Å². The fourth-order valence-corrected chi connectivity index (χ4v) is 1.10. The van der Waals surface area contributed by atoms with Crippen molar-refractivity contribution in [2.45, 2.75) is 4.90 Å². The molecule has 1 aromatic carbocycles. The Morgan fingerprint density at radius 1 is 1.33 bits per heavy atom. The number of amides is 1. The van der Waals surface area contributed by atoms with Gasteiger partial charge in [0.15, 0.2) is 0 Å².